The Kier molecular flexibility index (Phi) is 6.43. The number of nitrogens with zero attached hydrogens (tertiary/aromatic N) is 3. The number of hydrogen-bond donors (Lipinski definition) is 1. The topological polar surface area (TPSA) is 78.5 Å². The molecule has 26 heavy (non-hydrogen) atoms. The van der Waals surface area contributed by atoms with Crippen molar-refractivity contribution in [1.29, 1.82) is 0 Å². The molecule has 0 spiro atoms. The van der Waals surface area contributed by atoms with E-state index in [-0.39, 0.29) is 23.9 Å². The van der Waals surface area contributed by atoms with Crippen LogP contribution in [0.3, 0.4) is 0 Å². The SMILES string of the molecule is Cc1nc(C)c(CC(=O)N2CCCCC2CCN2CCOCC2)c(=O)[nH]1. The molecule has 2 aliphatic heterocycles. The largest absolute Gasteiger partial charge is 0.379 e. The molecule has 1 amide bonds. The Labute approximate surface area is 154 Å². The van der Waals surface area contributed by atoms with Gasteiger partial charge in [0.15, 0.2) is 0 Å². The summed E-state index contributed by atoms with van der Waals surface area (Å²) in [6.45, 7) is 8.91. The Balaban J connectivity index is 1.63. The fourth-order valence-corrected chi connectivity index (χ4v) is 4.00. The van der Waals surface area contributed by atoms with E-state index in [1.165, 1.54) is 6.42 Å². The Morgan fingerprint density at radius 1 is 1.23 bits per heavy atom. The van der Waals surface area contributed by atoms with E-state index in [1.54, 1.807) is 13.8 Å². The normalized spacial score (nSPS) is 21.8. The summed E-state index contributed by atoms with van der Waals surface area (Å²) < 4.78 is 5.40. The standard InChI is InChI=1S/C19H30N4O3/c1-14-17(19(25)21-15(2)20-14)13-18(24)23-7-4-3-5-16(23)6-8-22-9-11-26-12-10-22/h16H,3-13H2,1-2H3,(H,20,21,25). The molecule has 2 saturated heterocycles. The average molecular weight is 362 g/mol. The zero-order chi connectivity index (χ0) is 18.5. The zero-order valence-electron chi connectivity index (χ0n) is 15.9. The summed E-state index contributed by atoms with van der Waals surface area (Å²) in [6, 6.07) is 0.275. The van der Waals surface area contributed by atoms with Crippen LogP contribution in [0.2, 0.25) is 0 Å². The third-order valence-corrected chi connectivity index (χ3v) is 5.50. The molecule has 144 valence electrons. The van der Waals surface area contributed by atoms with Crippen molar-refractivity contribution in [2.24, 2.45) is 0 Å². The lowest BCUT2D eigenvalue weighted by molar-refractivity contribution is -0.134. The average Bonchev–Trinajstić information content (AvgIpc) is 2.64. The summed E-state index contributed by atoms with van der Waals surface area (Å²) >= 11 is 0. The maximum Gasteiger partial charge on any atom is 0.254 e. The lowest BCUT2D eigenvalue weighted by atomic mass is 9.97. The van der Waals surface area contributed by atoms with Crippen LogP contribution in [0, 0.1) is 13.8 Å². The highest BCUT2D eigenvalue weighted by atomic mass is 16.5. The van der Waals surface area contributed by atoms with Crippen LogP contribution in [0.5, 0.6) is 0 Å². The van der Waals surface area contributed by atoms with Gasteiger partial charge in [0.05, 0.1) is 19.6 Å². The molecule has 0 saturated carbocycles. The zero-order valence-corrected chi connectivity index (χ0v) is 15.9. The van der Waals surface area contributed by atoms with Crippen molar-refractivity contribution >= 4 is 5.91 Å². The molecule has 0 radical (unpaired) electrons. The molecular formula is C19H30N4O3. The van der Waals surface area contributed by atoms with Gasteiger partial charge in [0, 0.05) is 43.5 Å². The first-order valence-corrected chi connectivity index (χ1v) is 9.70. The lowest BCUT2D eigenvalue weighted by Gasteiger charge is -2.37. The summed E-state index contributed by atoms with van der Waals surface area (Å²) in [4.78, 5) is 36.6. The molecule has 2 aliphatic rings. The van der Waals surface area contributed by atoms with Gasteiger partial charge in [0.1, 0.15) is 5.82 Å². The van der Waals surface area contributed by atoms with Crippen molar-refractivity contribution < 1.29 is 9.53 Å². The maximum absolute atomic E-state index is 12.9. The molecule has 1 aromatic heterocycles. The first kappa shape index (κ1) is 19.0. The predicted molar refractivity (Wildman–Crippen MR) is 99.3 cm³/mol. The predicted octanol–water partition coefficient (Wildman–Crippen LogP) is 1.03. The second-order valence-corrected chi connectivity index (χ2v) is 7.37. The molecule has 7 nitrogen and oxygen atoms in total. The fourth-order valence-electron chi connectivity index (χ4n) is 4.00. The highest BCUT2D eigenvalue weighted by molar-refractivity contribution is 5.79. The Morgan fingerprint density at radius 2 is 2.00 bits per heavy atom. The number of aromatic nitrogens is 2. The minimum Gasteiger partial charge on any atom is -0.379 e. The molecule has 7 heteroatoms. The summed E-state index contributed by atoms with van der Waals surface area (Å²) in [5, 5.41) is 0. The van der Waals surface area contributed by atoms with Crippen LogP contribution >= 0.6 is 0 Å². The third-order valence-electron chi connectivity index (χ3n) is 5.50. The first-order valence-electron chi connectivity index (χ1n) is 9.70. The van der Waals surface area contributed by atoms with E-state index in [1.807, 2.05) is 4.90 Å². The molecule has 1 N–H and O–H groups in total. The van der Waals surface area contributed by atoms with E-state index < -0.39 is 0 Å². The van der Waals surface area contributed by atoms with Gasteiger partial charge in [-0.05, 0) is 39.5 Å². The van der Waals surface area contributed by atoms with Gasteiger partial charge in [-0.2, -0.15) is 0 Å². The van der Waals surface area contributed by atoms with Crippen molar-refractivity contribution in [3.8, 4) is 0 Å². The monoisotopic (exact) mass is 362 g/mol. The number of amides is 1. The van der Waals surface area contributed by atoms with E-state index in [2.05, 4.69) is 14.9 Å². The Hall–Kier alpha value is -1.73. The second-order valence-electron chi connectivity index (χ2n) is 7.37. The third kappa shape index (κ3) is 4.71. The van der Waals surface area contributed by atoms with Crippen molar-refractivity contribution in [3.05, 3.63) is 27.4 Å². The molecule has 3 rings (SSSR count). The molecule has 1 aromatic rings. The number of hydrogen-bond acceptors (Lipinski definition) is 5. The van der Waals surface area contributed by atoms with Crippen LogP contribution in [0.15, 0.2) is 4.79 Å². The van der Waals surface area contributed by atoms with E-state index in [4.69, 9.17) is 4.74 Å². The summed E-state index contributed by atoms with van der Waals surface area (Å²) in [5.74, 6) is 0.640. The van der Waals surface area contributed by atoms with Crippen molar-refractivity contribution in [2.45, 2.75) is 52.0 Å². The van der Waals surface area contributed by atoms with E-state index in [0.717, 1.165) is 58.7 Å². The minimum atomic E-state index is -0.190. The summed E-state index contributed by atoms with van der Waals surface area (Å²) in [6.07, 6.45) is 4.40. The van der Waals surface area contributed by atoms with Crippen molar-refractivity contribution in [2.75, 3.05) is 39.4 Å². The van der Waals surface area contributed by atoms with Crippen molar-refractivity contribution in [3.63, 3.8) is 0 Å². The van der Waals surface area contributed by atoms with Crippen LogP contribution in [0.25, 0.3) is 0 Å². The number of morpholine rings is 1. The second kappa shape index (κ2) is 8.77. The lowest BCUT2D eigenvalue weighted by Crippen LogP contribution is -2.47. The molecule has 0 bridgehead atoms. The molecular weight excluding hydrogens is 332 g/mol. The molecule has 0 aliphatic carbocycles. The quantitative estimate of drug-likeness (QED) is 0.846. The molecule has 1 atom stereocenters. The van der Waals surface area contributed by atoms with Crippen LogP contribution in [-0.4, -0.2) is 71.1 Å². The van der Waals surface area contributed by atoms with Crippen LogP contribution in [-0.2, 0) is 16.0 Å². The molecule has 1 unspecified atom stereocenters. The van der Waals surface area contributed by atoms with E-state index in [9.17, 15) is 9.59 Å². The van der Waals surface area contributed by atoms with E-state index >= 15 is 0 Å². The number of H-pyrrole nitrogens is 1. The van der Waals surface area contributed by atoms with Gasteiger partial charge in [-0.15, -0.1) is 0 Å². The highest BCUT2D eigenvalue weighted by Gasteiger charge is 2.28. The maximum atomic E-state index is 12.9. The number of piperidine rings is 1. The van der Waals surface area contributed by atoms with Crippen molar-refractivity contribution in [1.82, 2.24) is 19.8 Å². The Bertz CT molecular complexity index is 682. The number of carbonyl (C=O) groups is 1. The van der Waals surface area contributed by atoms with Gasteiger partial charge in [-0.1, -0.05) is 0 Å². The first-order chi connectivity index (χ1) is 12.5. The van der Waals surface area contributed by atoms with E-state index in [0.29, 0.717) is 17.1 Å². The number of ether oxygens (including phenoxy) is 1. The summed E-state index contributed by atoms with van der Waals surface area (Å²) in [7, 11) is 0. The van der Waals surface area contributed by atoms with Gasteiger partial charge < -0.3 is 14.6 Å². The number of aromatic amines is 1. The van der Waals surface area contributed by atoms with Gasteiger partial charge in [0.2, 0.25) is 5.91 Å². The number of rotatable bonds is 5. The molecule has 0 aromatic carbocycles. The minimum absolute atomic E-state index is 0.0518. The van der Waals surface area contributed by atoms with Crippen LogP contribution in [0.4, 0.5) is 0 Å². The highest BCUT2D eigenvalue weighted by Crippen LogP contribution is 2.21. The van der Waals surface area contributed by atoms with Gasteiger partial charge in [-0.25, -0.2) is 4.98 Å². The van der Waals surface area contributed by atoms with Gasteiger partial charge in [0.25, 0.3) is 5.56 Å². The number of aryl methyl sites for hydroxylation is 2. The molecule has 2 fully saturated rings. The van der Waals surface area contributed by atoms with Gasteiger partial charge in [-0.3, -0.25) is 14.5 Å². The number of carbonyl (C=O) groups excluding carboxylic acids is 1. The fraction of sp³-hybridized carbons (Fsp3) is 0.737. The van der Waals surface area contributed by atoms with Gasteiger partial charge >= 0.3 is 0 Å². The van der Waals surface area contributed by atoms with Crippen LogP contribution < -0.4 is 5.56 Å². The smallest absolute Gasteiger partial charge is 0.254 e. The Morgan fingerprint density at radius 3 is 2.73 bits per heavy atom. The summed E-state index contributed by atoms with van der Waals surface area (Å²) in [5.41, 5.74) is 0.963. The number of likely N-dealkylation sites (tertiary alicyclic amines) is 1. The molecule has 3 heterocycles. The number of nitrogens with one attached hydrogen (secondary N) is 1. The van der Waals surface area contributed by atoms with Crippen LogP contribution in [0.1, 0.15) is 42.8 Å².